The van der Waals surface area contributed by atoms with Crippen LogP contribution in [-0.2, 0) is 30.1 Å². The molecule has 0 aliphatic heterocycles. The summed E-state index contributed by atoms with van der Waals surface area (Å²) in [4.78, 5) is 24.9. The van der Waals surface area contributed by atoms with Gasteiger partial charge in [-0.15, -0.1) is 0 Å². The minimum Gasteiger partial charge on any atom is -0.476 e. The Bertz CT molecular complexity index is 1440. The number of carbonyl (C=O) groups excluding carboxylic acids is 1. The molecule has 244 valence electrons. The highest BCUT2D eigenvalue weighted by atomic mass is 31.2. The molecule has 0 radical (unpaired) electrons. The number of benzene rings is 1. The van der Waals surface area contributed by atoms with E-state index < -0.39 is 51.2 Å². The maximum absolute atomic E-state index is 16.4. The number of alkyl halides is 1. The Morgan fingerprint density at radius 2 is 1.84 bits per heavy atom. The zero-order chi connectivity index (χ0) is 32.7. The molecule has 2 aromatic heterocycles. The van der Waals surface area contributed by atoms with Gasteiger partial charge < -0.3 is 34.7 Å². The number of hydrogen-bond acceptors (Lipinski definition) is 13. The number of fused-ring (bicyclic) bond motifs is 1. The zero-order valence-corrected chi connectivity index (χ0v) is 26.4. The number of rotatable bonds is 16. The first-order valence-electron chi connectivity index (χ1n) is 13.8. The number of anilines is 1. The zero-order valence-electron chi connectivity index (χ0n) is 25.5. The minimum atomic E-state index is -4.56. The summed E-state index contributed by atoms with van der Waals surface area (Å²) in [5.74, 6) is -3.88. The number of imidazole rings is 1. The Morgan fingerprint density at radius 1 is 1.16 bits per heavy atom. The highest BCUT2D eigenvalue weighted by Gasteiger charge is 2.46. The summed E-state index contributed by atoms with van der Waals surface area (Å²) in [6.07, 6.45) is -2.58. The monoisotopic (exact) mass is 642 g/mol. The predicted molar refractivity (Wildman–Crippen MR) is 157 cm³/mol. The van der Waals surface area contributed by atoms with E-state index in [0.717, 1.165) is 6.92 Å². The van der Waals surface area contributed by atoms with Gasteiger partial charge in [0.2, 0.25) is 11.8 Å². The fourth-order valence-electron chi connectivity index (χ4n) is 3.60. The fraction of sp³-hybridized carbons (Fsp3) is 0.556. The van der Waals surface area contributed by atoms with E-state index in [2.05, 4.69) is 20.0 Å². The van der Waals surface area contributed by atoms with E-state index in [1.807, 2.05) is 20.8 Å². The lowest BCUT2D eigenvalue weighted by molar-refractivity contribution is -0.256. The van der Waals surface area contributed by atoms with Crippen LogP contribution in [-0.4, -0.2) is 79.6 Å². The Kier molecular flexibility index (Phi) is 11.6. The Hall–Kier alpha value is -3.40. The molecule has 0 aliphatic rings. The topological polar surface area (TPSA) is 202 Å². The molecule has 0 spiro atoms. The molecule has 0 saturated heterocycles. The number of hydrogen-bond donors (Lipinski definition) is 4. The summed E-state index contributed by atoms with van der Waals surface area (Å²) >= 11 is 0. The summed E-state index contributed by atoms with van der Waals surface area (Å²) in [6.45, 7) is 8.36. The van der Waals surface area contributed by atoms with Crippen LogP contribution in [0.2, 0.25) is 0 Å². The smallest absolute Gasteiger partial charge is 0.459 e. The van der Waals surface area contributed by atoms with Crippen LogP contribution in [0.25, 0.3) is 11.2 Å². The average molecular weight is 643 g/mol. The van der Waals surface area contributed by atoms with Crippen molar-refractivity contribution < 1.29 is 47.2 Å². The number of carbonyl (C=O) groups is 1. The van der Waals surface area contributed by atoms with Crippen LogP contribution in [0.3, 0.4) is 0 Å². The van der Waals surface area contributed by atoms with Gasteiger partial charge in [-0.05, 0) is 38.3 Å². The summed E-state index contributed by atoms with van der Waals surface area (Å²) in [7, 11) is -4.56. The molecule has 1 aromatic carbocycles. The van der Waals surface area contributed by atoms with Gasteiger partial charge in [0.15, 0.2) is 11.2 Å². The number of ether oxygens (including phenoxy) is 3. The third-order valence-corrected chi connectivity index (χ3v) is 7.45. The van der Waals surface area contributed by atoms with Crippen LogP contribution in [0.5, 0.6) is 11.6 Å². The molecule has 44 heavy (non-hydrogen) atoms. The summed E-state index contributed by atoms with van der Waals surface area (Å²) < 4.78 is 58.6. The summed E-state index contributed by atoms with van der Waals surface area (Å²) in [5, 5.41) is 23.1. The van der Waals surface area contributed by atoms with E-state index in [9.17, 15) is 19.6 Å². The number of nitrogen functional groups attached to an aromatic ring is 1. The molecule has 0 amide bonds. The van der Waals surface area contributed by atoms with Gasteiger partial charge in [0.25, 0.3) is 5.85 Å². The van der Waals surface area contributed by atoms with Crippen molar-refractivity contribution >= 4 is 30.8 Å². The molecule has 0 bridgehead atoms. The molecule has 3 rings (SSSR count). The number of nitrogens with one attached hydrogen (secondary N) is 1. The number of halogens is 1. The van der Waals surface area contributed by atoms with Crippen molar-refractivity contribution in [1.29, 1.82) is 0 Å². The highest BCUT2D eigenvalue weighted by molar-refractivity contribution is 7.52. The molecule has 0 saturated carbocycles. The molecule has 0 aliphatic carbocycles. The van der Waals surface area contributed by atoms with Crippen molar-refractivity contribution in [2.24, 2.45) is 5.41 Å². The predicted octanol–water partition coefficient (Wildman–Crippen LogP) is 2.96. The number of aliphatic hydroxyl groups excluding tert-OH is 2. The van der Waals surface area contributed by atoms with Crippen LogP contribution >= 0.6 is 7.75 Å². The standard InChI is InChI=1S/C27H40FN6O9P/c1-7-39-23-20-22(31-25(29)32-23)34(15-30-20)16-41-27(28,21(36)18(3)35)14-42-44(38,43-19-11-9-8-10-12-19)33-17(2)24(37)40-13-26(4,5)6/h8-12,15,17-18,21,35-36H,7,13-14,16H2,1-6H3,(H,33,38)(H2,29,31,32). The second-order valence-electron chi connectivity index (χ2n) is 11.1. The lowest BCUT2D eigenvalue weighted by Gasteiger charge is -2.33. The van der Waals surface area contributed by atoms with Gasteiger partial charge in [0.1, 0.15) is 31.2 Å². The number of nitrogens with two attached hydrogens (primary N) is 1. The second kappa shape index (κ2) is 14.6. The van der Waals surface area contributed by atoms with Crippen molar-refractivity contribution in [3.8, 4) is 11.6 Å². The van der Waals surface area contributed by atoms with Gasteiger partial charge in [-0.2, -0.15) is 15.1 Å². The minimum absolute atomic E-state index is 0.0762. The maximum atomic E-state index is 16.4. The molecule has 15 nitrogen and oxygen atoms in total. The number of nitrogens with zero attached hydrogens (tertiary/aromatic N) is 4. The number of para-hydroxylation sites is 1. The van der Waals surface area contributed by atoms with Gasteiger partial charge in [0, 0.05) is 0 Å². The van der Waals surface area contributed by atoms with E-state index in [0.29, 0.717) is 0 Å². The molecule has 0 fully saturated rings. The normalized spacial score (nSPS) is 16.8. The second-order valence-corrected chi connectivity index (χ2v) is 12.8. The number of esters is 1. The average Bonchev–Trinajstić information content (AvgIpc) is 3.36. The molecule has 5 unspecified atom stereocenters. The van der Waals surface area contributed by atoms with Crippen molar-refractivity contribution in [2.75, 3.05) is 25.6 Å². The van der Waals surface area contributed by atoms with Crippen LogP contribution in [0.1, 0.15) is 41.5 Å². The molecule has 17 heteroatoms. The first-order valence-corrected chi connectivity index (χ1v) is 15.3. The SMILES string of the molecule is CCOc1nc(N)nc2c1ncn2COC(F)(COP(=O)(NC(C)C(=O)OCC(C)(C)C)Oc1ccccc1)C(O)C(C)O. The Balaban J connectivity index is 1.85. The van der Waals surface area contributed by atoms with Gasteiger partial charge in [0.05, 0.1) is 25.6 Å². The molecule has 2 heterocycles. The summed E-state index contributed by atoms with van der Waals surface area (Å²) in [5.41, 5.74) is 5.80. The number of aliphatic hydroxyl groups is 2. The maximum Gasteiger partial charge on any atom is 0.459 e. The largest absolute Gasteiger partial charge is 0.476 e. The van der Waals surface area contributed by atoms with Gasteiger partial charge >= 0.3 is 13.7 Å². The third-order valence-electron chi connectivity index (χ3n) is 5.83. The van der Waals surface area contributed by atoms with E-state index in [-0.39, 0.29) is 47.4 Å². The van der Waals surface area contributed by atoms with Crippen LogP contribution in [0.4, 0.5) is 10.3 Å². The van der Waals surface area contributed by atoms with E-state index >= 15 is 4.39 Å². The molecule has 5 atom stereocenters. The summed E-state index contributed by atoms with van der Waals surface area (Å²) in [6, 6.07) is 6.61. The van der Waals surface area contributed by atoms with Crippen molar-refractivity contribution in [3.63, 3.8) is 0 Å². The molecule has 5 N–H and O–H groups in total. The number of aromatic nitrogens is 4. The molecular formula is C27H40FN6O9P. The van der Waals surface area contributed by atoms with Crippen molar-refractivity contribution in [2.45, 2.75) is 72.4 Å². The quantitative estimate of drug-likeness (QED) is 0.131. The van der Waals surface area contributed by atoms with Crippen LogP contribution in [0.15, 0.2) is 36.7 Å². The van der Waals surface area contributed by atoms with Crippen LogP contribution < -0.4 is 20.1 Å². The van der Waals surface area contributed by atoms with Crippen LogP contribution in [0, 0.1) is 5.41 Å². The fourth-order valence-corrected chi connectivity index (χ4v) is 5.11. The third kappa shape index (κ3) is 9.55. The lowest BCUT2D eigenvalue weighted by Crippen LogP contribution is -2.50. The Labute approximate surface area is 254 Å². The van der Waals surface area contributed by atoms with E-state index in [4.69, 9.17) is 29.0 Å². The molecule has 3 aromatic rings. The molecular weight excluding hydrogens is 602 g/mol. The van der Waals surface area contributed by atoms with Gasteiger partial charge in [-0.25, -0.2) is 13.9 Å². The first kappa shape index (κ1) is 35.1. The van der Waals surface area contributed by atoms with Crippen molar-refractivity contribution in [1.82, 2.24) is 24.6 Å². The first-order chi connectivity index (χ1) is 20.6. The van der Waals surface area contributed by atoms with E-state index in [1.165, 1.54) is 30.0 Å². The van der Waals surface area contributed by atoms with E-state index in [1.54, 1.807) is 25.1 Å². The Morgan fingerprint density at radius 3 is 2.45 bits per heavy atom. The van der Waals surface area contributed by atoms with Gasteiger partial charge in [-0.3, -0.25) is 13.9 Å². The van der Waals surface area contributed by atoms with Gasteiger partial charge in [-0.1, -0.05) is 39.0 Å². The van der Waals surface area contributed by atoms with Crippen molar-refractivity contribution in [3.05, 3.63) is 36.7 Å². The highest BCUT2D eigenvalue weighted by Crippen LogP contribution is 2.46. The lowest BCUT2D eigenvalue weighted by atomic mass is 9.99.